The molecule has 0 radical (unpaired) electrons. The second-order valence-electron chi connectivity index (χ2n) is 6.38. The zero-order valence-corrected chi connectivity index (χ0v) is 14.7. The SMILES string of the molecule is CC(C)[C@H](N)C(=O)OCc1cccc(COC(=O)[C@@H](N)C(C)C)n1. The highest BCUT2D eigenvalue weighted by atomic mass is 16.5. The predicted molar refractivity (Wildman–Crippen MR) is 89.5 cm³/mol. The molecule has 0 bridgehead atoms. The molecule has 0 saturated carbocycles. The van der Waals surface area contributed by atoms with Crippen molar-refractivity contribution in [3.63, 3.8) is 0 Å². The highest BCUT2D eigenvalue weighted by Gasteiger charge is 2.20. The van der Waals surface area contributed by atoms with Gasteiger partial charge in [0.2, 0.25) is 0 Å². The highest BCUT2D eigenvalue weighted by Crippen LogP contribution is 2.07. The Hall–Kier alpha value is -1.99. The molecule has 0 aliphatic heterocycles. The number of esters is 2. The van der Waals surface area contributed by atoms with E-state index >= 15 is 0 Å². The predicted octanol–water partition coefficient (Wildman–Crippen LogP) is 1.13. The minimum absolute atomic E-state index is 0.00127. The van der Waals surface area contributed by atoms with Gasteiger partial charge in [-0.3, -0.25) is 14.6 Å². The average molecular weight is 337 g/mol. The van der Waals surface area contributed by atoms with Gasteiger partial charge in [-0.25, -0.2) is 0 Å². The molecular weight excluding hydrogens is 310 g/mol. The Bertz CT molecular complexity index is 515. The lowest BCUT2D eigenvalue weighted by atomic mass is 10.1. The Morgan fingerprint density at radius 2 is 1.29 bits per heavy atom. The van der Waals surface area contributed by atoms with E-state index in [2.05, 4.69) is 4.98 Å². The number of rotatable bonds is 8. The number of hydrogen-bond acceptors (Lipinski definition) is 7. The molecular formula is C17H27N3O4. The van der Waals surface area contributed by atoms with Gasteiger partial charge >= 0.3 is 11.9 Å². The van der Waals surface area contributed by atoms with Gasteiger partial charge in [-0.2, -0.15) is 0 Å². The van der Waals surface area contributed by atoms with E-state index < -0.39 is 24.0 Å². The number of hydrogen-bond donors (Lipinski definition) is 2. The van der Waals surface area contributed by atoms with E-state index in [9.17, 15) is 9.59 Å². The lowest BCUT2D eigenvalue weighted by Crippen LogP contribution is -2.37. The number of carbonyl (C=O) groups is 2. The molecule has 1 aromatic rings. The molecule has 1 rings (SSSR count). The molecule has 2 atom stereocenters. The van der Waals surface area contributed by atoms with E-state index in [1.54, 1.807) is 18.2 Å². The van der Waals surface area contributed by atoms with Crippen LogP contribution < -0.4 is 11.5 Å². The molecule has 7 heteroatoms. The molecule has 0 unspecified atom stereocenters. The first-order chi connectivity index (χ1) is 11.2. The molecule has 134 valence electrons. The summed E-state index contributed by atoms with van der Waals surface area (Å²) in [7, 11) is 0. The molecule has 0 aliphatic rings. The van der Waals surface area contributed by atoms with Gasteiger partial charge in [0.05, 0.1) is 11.4 Å². The van der Waals surface area contributed by atoms with Crippen molar-refractivity contribution < 1.29 is 19.1 Å². The van der Waals surface area contributed by atoms with E-state index in [0.29, 0.717) is 11.4 Å². The van der Waals surface area contributed by atoms with Crippen LogP contribution in [0.25, 0.3) is 0 Å². The Morgan fingerprint density at radius 1 is 0.917 bits per heavy atom. The summed E-state index contributed by atoms with van der Waals surface area (Å²) in [4.78, 5) is 27.8. The van der Waals surface area contributed by atoms with Gasteiger partial charge in [0.15, 0.2) is 0 Å². The van der Waals surface area contributed by atoms with Crippen molar-refractivity contribution in [1.82, 2.24) is 4.98 Å². The van der Waals surface area contributed by atoms with Crippen LogP contribution in [0.4, 0.5) is 0 Å². The lowest BCUT2D eigenvalue weighted by Gasteiger charge is -2.15. The fraction of sp³-hybridized carbons (Fsp3) is 0.588. The van der Waals surface area contributed by atoms with Gasteiger partial charge in [0.25, 0.3) is 0 Å². The first kappa shape index (κ1) is 20.1. The number of carbonyl (C=O) groups excluding carboxylic acids is 2. The summed E-state index contributed by atoms with van der Waals surface area (Å²) in [5, 5.41) is 0. The molecule has 24 heavy (non-hydrogen) atoms. The zero-order valence-electron chi connectivity index (χ0n) is 14.7. The van der Waals surface area contributed by atoms with Crippen molar-refractivity contribution in [2.24, 2.45) is 23.3 Å². The summed E-state index contributed by atoms with van der Waals surface area (Å²) in [6, 6.07) is 3.88. The molecule has 4 N–H and O–H groups in total. The van der Waals surface area contributed by atoms with E-state index in [1.165, 1.54) is 0 Å². The van der Waals surface area contributed by atoms with Crippen molar-refractivity contribution in [3.05, 3.63) is 29.6 Å². The number of nitrogens with two attached hydrogens (primary N) is 2. The van der Waals surface area contributed by atoms with Gasteiger partial charge < -0.3 is 20.9 Å². The maximum Gasteiger partial charge on any atom is 0.323 e. The van der Waals surface area contributed by atoms with Crippen molar-refractivity contribution >= 4 is 11.9 Å². The Kier molecular flexibility index (Phi) is 7.81. The van der Waals surface area contributed by atoms with Gasteiger partial charge in [0, 0.05) is 0 Å². The average Bonchev–Trinajstić information content (AvgIpc) is 2.56. The van der Waals surface area contributed by atoms with Gasteiger partial charge in [-0.15, -0.1) is 0 Å². The molecule has 0 amide bonds. The monoisotopic (exact) mass is 337 g/mol. The molecule has 0 spiro atoms. The molecule has 0 saturated heterocycles. The number of aromatic nitrogens is 1. The largest absolute Gasteiger partial charge is 0.458 e. The first-order valence-corrected chi connectivity index (χ1v) is 8.01. The van der Waals surface area contributed by atoms with Crippen molar-refractivity contribution in [2.75, 3.05) is 0 Å². The number of nitrogens with zero attached hydrogens (tertiary/aromatic N) is 1. The standard InChI is InChI=1S/C17H27N3O4/c1-10(2)14(18)16(21)23-8-12-6-5-7-13(20-12)9-24-17(22)15(19)11(3)4/h5-7,10-11,14-15H,8-9,18-19H2,1-4H3/t14-,15-/m0/s1. The number of pyridine rings is 1. The first-order valence-electron chi connectivity index (χ1n) is 8.01. The van der Waals surface area contributed by atoms with Crippen LogP contribution in [0.1, 0.15) is 39.1 Å². The van der Waals surface area contributed by atoms with Crippen LogP contribution >= 0.6 is 0 Å². The summed E-state index contributed by atoms with van der Waals surface area (Å²) < 4.78 is 10.3. The zero-order chi connectivity index (χ0) is 18.3. The van der Waals surface area contributed by atoms with Crippen LogP contribution in [0.15, 0.2) is 18.2 Å². The van der Waals surface area contributed by atoms with Crippen LogP contribution in [0, 0.1) is 11.8 Å². The van der Waals surface area contributed by atoms with E-state index in [1.807, 2.05) is 27.7 Å². The summed E-state index contributed by atoms with van der Waals surface area (Å²) in [5.74, 6) is -0.930. The summed E-state index contributed by atoms with van der Waals surface area (Å²) >= 11 is 0. The molecule has 1 aromatic heterocycles. The van der Waals surface area contributed by atoms with E-state index in [-0.39, 0.29) is 25.0 Å². The van der Waals surface area contributed by atoms with Crippen molar-refractivity contribution in [1.29, 1.82) is 0 Å². The second-order valence-corrected chi connectivity index (χ2v) is 6.38. The fourth-order valence-corrected chi connectivity index (χ4v) is 1.72. The second kappa shape index (κ2) is 9.34. The van der Waals surface area contributed by atoms with Gasteiger partial charge in [-0.1, -0.05) is 33.8 Å². The third-order valence-electron chi connectivity index (χ3n) is 3.57. The molecule has 0 aliphatic carbocycles. The van der Waals surface area contributed by atoms with Gasteiger partial charge in [0.1, 0.15) is 25.3 Å². The molecule has 7 nitrogen and oxygen atoms in total. The van der Waals surface area contributed by atoms with Crippen molar-refractivity contribution in [3.8, 4) is 0 Å². The minimum Gasteiger partial charge on any atom is -0.458 e. The van der Waals surface area contributed by atoms with Crippen LogP contribution in [-0.4, -0.2) is 29.0 Å². The Labute approximate surface area is 142 Å². The maximum atomic E-state index is 11.7. The highest BCUT2D eigenvalue weighted by molar-refractivity contribution is 5.76. The Morgan fingerprint density at radius 3 is 1.62 bits per heavy atom. The minimum atomic E-state index is -0.661. The quantitative estimate of drug-likeness (QED) is 0.683. The van der Waals surface area contributed by atoms with E-state index in [4.69, 9.17) is 20.9 Å². The normalized spacial score (nSPS) is 13.7. The fourth-order valence-electron chi connectivity index (χ4n) is 1.72. The van der Waals surface area contributed by atoms with Gasteiger partial charge in [-0.05, 0) is 24.0 Å². The molecule has 0 aromatic carbocycles. The molecule has 0 fully saturated rings. The third kappa shape index (κ3) is 6.25. The Balaban J connectivity index is 2.55. The maximum absolute atomic E-state index is 11.7. The van der Waals surface area contributed by atoms with Crippen LogP contribution in [0.5, 0.6) is 0 Å². The summed E-state index contributed by atoms with van der Waals surface area (Å²) in [6.07, 6.45) is 0. The lowest BCUT2D eigenvalue weighted by molar-refractivity contribution is -0.148. The number of ether oxygens (including phenoxy) is 2. The smallest absolute Gasteiger partial charge is 0.323 e. The van der Waals surface area contributed by atoms with Crippen LogP contribution in [-0.2, 0) is 32.3 Å². The molecule has 1 heterocycles. The summed E-state index contributed by atoms with van der Waals surface area (Å²) in [6.45, 7) is 7.43. The third-order valence-corrected chi connectivity index (χ3v) is 3.57. The summed E-state index contributed by atoms with van der Waals surface area (Å²) in [5.41, 5.74) is 12.6. The van der Waals surface area contributed by atoms with E-state index in [0.717, 1.165) is 0 Å². The van der Waals surface area contributed by atoms with Crippen LogP contribution in [0.3, 0.4) is 0 Å². The van der Waals surface area contributed by atoms with Crippen LogP contribution in [0.2, 0.25) is 0 Å². The topological polar surface area (TPSA) is 118 Å². The van der Waals surface area contributed by atoms with Crippen molar-refractivity contribution in [2.45, 2.75) is 53.0 Å².